The maximum Gasteiger partial charge on any atom is 0.0964 e. The Morgan fingerprint density at radius 1 is 1.30 bits per heavy atom. The molecule has 3 aromatic rings. The third kappa shape index (κ3) is 2.24. The van der Waals surface area contributed by atoms with Crippen molar-refractivity contribution in [1.29, 1.82) is 0 Å². The van der Waals surface area contributed by atoms with Gasteiger partial charge in [0.2, 0.25) is 0 Å². The average Bonchev–Trinajstić information content (AvgIpc) is 3.00. The average molecular weight is 306 g/mol. The van der Waals surface area contributed by atoms with Crippen LogP contribution in [0.2, 0.25) is 4.34 Å². The van der Waals surface area contributed by atoms with Gasteiger partial charge in [-0.1, -0.05) is 11.6 Å². The first-order valence-electron chi connectivity index (χ1n) is 6.49. The van der Waals surface area contributed by atoms with Gasteiger partial charge in [-0.15, -0.1) is 11.3 Å². The summed E-state index contributed by atoms with van der Waals surface area (Å²) in [6.07, 6.45) is 1.87. The van der Waals surface area contributed by atoms with Gasteiger partial charge in [0, 0.05) is 11.4 Å². The van der Waals surface area contributed by atoms with E-state index in [9.17, 15) is 0 Å². The van der Waals surface area contributed by atoms with Gasteiger partial charge in [-0.05, 0) is 49.2 Å². The van der Waals surface area contributed by atoms with Crippen LogP contribution in [-0.4, -0.2) is 16.1 Å². The van der Waals surface area contributed by atoms with Gasteiger partial charge in [0.05, 0.1) is 27.7 Å². The summed E-state index contributed by atoms with van der Waals surface area (Å²) in [5.74, 6) is 0. The van der Waals surface area contributed by atoms with E-state index in [1.807, 2.05) is 18.5 Å². The van der Waals surface area contributed by atoms with E-state index in [1.54, 1.807) is 11.3 Å². The van der Waals surface area contributed by atoms with E-state index in [1.165, 1.54) is 11.1 Å². The highest BCUT2D eigenvalue weighted by Gasteiger charge is 2.17. The van der Waals surface area contributed by atoms with Crippen molar-refractivity contribution in [3.05, 3.63) is 50.9 Å². The first kappa shape index (κ1) is 13.6. The second kappa shape index (κ2) is 5.20. The van der Waals surface area contributed by atoms with Crippen molar-refractivity contribution >= 4 is 34.0 Å². The van der Waals surface area contributed by atoms with Crippen LogP contribution in [0.25, 0.3) is 11.0 Å². The molecular formula is C15H16ClN3S. The number of thiophene rings is 1. The van der Waals surface area contributed by atoms with Crippen LogP contribution < -0.4 is 5.73 Å². The lowest BCUT2D eigenvalue weighted by Gasteiger charge is -2.16. The van der Waals surface area contributed by atoms with Gasteiger partial charge in [-0.3, -0.25) is 0 Å². The lowest BCUT2D eigenvalue weighted by molar-refractivity contribution is 0.620. The number of hydrogen-bond acceptors (Lipinski definition) is 3. The zero-order chi connectivity index (χ0) is 14.3. The molecule has 3 nitrogen and oxygen atoms in total. The summed E-state index contributed by atoms with van der Waals surface area (Å²) in [5.41, 5.74) is 10.6. The molecule has 20 heavy (non-hydrogen) atoms. The van der Waals surface area contributed by atoms with Gasteiger partial charge in [-0.2, -0.15) is 0 Å². The maximum atomic E-state index is 6.04. The highest BCUT2D eigenvalue weighted by Crippen LogP contribution is 2.31. The summed E-state index contributed by atoms with van der Waals surface area (Å²) in [4.78, 5) is 5.66. The minimum atomic E-state index is 0.0830. The summed E-state index contributed by atoms with van der Waals surface area (Å²) in [6, 6.07) is 8.33. The van der Waals surface area contributed by atoms with Gasteiger partial charge in [0.25, 0.3) is 0 Å². The second-order valence-electron chi connectivity index (χ2n) is 4.97. The Bertz CT molecular complexity index is 760. The molecule has 1 aromatic carbocycles. The Morgan fingerprint density at radius 3 is 2.70 bits per heavy atom. The number of benzene rings is 1. The molecule has 0 spiro atoms. The van der Waals surface area contributed by atoms with Crippen LogP contribution in [0.3, 0.4) is 0 Å². The molecule has 0 radical (unpaired) electrons. The number of hydrogen-bond donors (Lipinski definition) is 1. The molecule has 0 aliphatic heterocycles. The number of fused-ring (bicyclic) bond motifs is 1. The number of nitrogens with two attached hydrogens (primary N) is 1. The predicted octanol–water partition coefficient (Wildman–Crippen LogP) is 3.92. The molecule has 0 aliphatic rings. The molecule has 2 N–H and O–H groups in total. The largest absolute Gasteiger partial charge is 0.328 e. The van der Waals surface area contributed by atoms with Crippen molar-refractivity contribution in [3.8, 4) is 0 Å². The van der Waals surface area contributed by atoms with Crippen LogP contribution >= 0.6 is 22.9 Å². The third-order valence-electron chi connectivity index (χ3n) is 3.67. The molecule has 3 rings (SSSR count). The molecule has 0 aliphatic carbocycles. The fourth-order valence-electron chi connectivity index (χ4n) is 2.41. The molecule has 2 heterocycles. The summed E-state index contributed by atoms with van der Waals surface area (Å²) < 4.78 is 2.93. The molecule has 5 heteroatoms. The highest BCUT2D eigenvalue weighted by molar-refractivity contribution is 7.16. The van der Waals surface area contributed by atoms with Crippen molar-refractivity contribution in [2.45, 2.75) is 19.9 Å². The van der Waals surface area contributed by atoms with E-state index in [2.05, 4.69) is 35.5 Å². The Balaban J connectivity index is 2.15. The molecule has 0 amide bonds. The minimum Gasteiger partial charge on any atom is -0.328 e. The molecule has 104 valence electrons. The number of halogens is 1. The van der Waals surface area contributed by atoms with Crippen molar-refractivity contribution in [2.75, 3.05) is 6.54 Å². The predicted molar refractivity (Wildman–Crippen MR) is 85.7 cm³/mol. The molecule has 1 unspecified atom stereocenters. The van der Waals surface area contributed by atoms with E-state index >= 15 is 0 Å². The van der Waals surface area contributed by atoms with E-state index in [4.69, 9.17) is 17.3 Å². The van der Waals surface area contributed by atoms with E-state index in [0.29, 0.717) is 6.54 Å². The Hall–Kier alpha value is -1.36. The topological polar surface area (TPSA) is 43.8 Å². The van der Waals surface area contributed by atoms with Gasteiger partial charge in [0.15, 0.2) is 0 Å². The molecular weight excluding hydrogens is 290 g/mol. The van der Waals surface area contributed by atoms with Crippen LogP contribution in [-0.2, 0) is 0 Å². The quantitative estimate of drug-likeness (QED) is 0.797. The first-order valence-corrected chi connectivity index (χ1v) is 7.68. The van der Waals surface area contributed by atoms with Gasteiger partial charge in [-0.25, -0.2) is 4.98 Å². The Kier molecular flexibility index (Phi) is 3.54. The number of aromatic nitrogens is 2. The smallest absolute Gasteiger partial charge is 0.0964 e. The van der Waals surface area contributed by atoms with Gasteiger partial charge >= 0.3 is 0 Å². The zero-order valence-electron chi connectivity index (χ0n) is 11.4. The number of imidazole rings is 1. The summed E-state index contributed by atoms with van der Waals surface area (Å²) in [6.45, 7) is 4.74. The Morgan fingerprint density at radius 2 is 2.05 bits per heavy atom. The van der Waals surface area contributed by atoms with Gasteiger partial charge < -0.3 is 10.3 Å². The van der Waals surface area contributed by atoms with Crippen molar-refractivity contribution in [2.24, 2.45) is 5.73 Å². The maximum absolute atomic E-state index is 6.04. The number of rotatable bonds is 3. The number of nitrogens with zero attached hydrogens (tertiary/aromatic N) is 2. The number of aryl methyl sites for hydroxylation is 2. The first-order chi connectivity index (χ1) is 9.60. The molecule has 0 saturated carbocycles. The SMILES string of the molecule is Cc1cc2ncn(C(CN)c3ccc(Cl)s3)c2cc1C. The van der Waals surface area contributed by atoms with Crippen molar-refractivity contribution < 1.29 is 0 Å². The monoisotopic (exact) mass is 305 g/mol. The third-order valence-corrected chi connectivity index (χ3v) is 5.00. The minimum absolute atomic E-state index is 0.0830. The molecule has 0 fully saturated rings. The second-order valence-corrected chi connectivity index (χ2v) is 6.72. The Labute approximate surface area is 127 Å². The lowest BCUT2D eigenvalue weighted by Crippen LogP contribution is -2.18. The van der Waals surface area contributed by atoms with Crippen LogP contribution in [0.15, 0.2) is 30.6 Å². The fraction of sp³-hybridized carbons (Fsp3) is 0.267. The molecule has 1 atom stereocenters. The summed E-state index contributed by atoms with van der Waals surface area (Å²) in [7, 11) is 0. The molecule has 2 aromatic heterocycles. The van der Waals surface area contributed by atoms with Crippen LogP contribution in [0, 0.1) is 13.8 Å². The lowest BCUT2D eigenvalue weighted by atomic mass is 10.1. The normalized spacial score (nSPS) is 13.0. The van der Waals surface area contributed by atoms with Crippen LogP contribution in [0.1, 0.15) is 22.0 Å². The van der Waals surface area contributed by atoms with Crippen LogP contribution in [0.5, 0.6) is 0 Å². The highest BCUT2D eigenvalue weighted by atomic mass is 35.5. The van der Waals surface area contributed by atoms with Crippen LogP contribution in [0.4, 0.5) is 0 Å². The standard InChI is InChI=1S/C15H16ClN3S/c1-9-5-11-12(6-10(9)2)19(8-18-11)13(7-17)14-3-4-15(16)20-14/h3-6,8,13H,7,17H2,1-2H3. The van der Waals surface area contributed by atoms with Gasteiger partial charge in [0.1, 0.15) is 0 Å². The van der Waals surface area contributed by atoms with E-state index in [0.717, 1.165) is 20.2 Å². The van der Waals surface area contributed by atoms with Crippen molar-refractivity contribution in [3.63, 3.8) is 0 Å². The summed E-state index contributed by atoms with van der Waals surface area (Å²) >= 11 is 7.61. The van der Waals surface area contributed by atoms with Crippen molar-refractivity contribution in [1.82, 2.24) is 9.55 Å². The molecule has 0 bridgehead atoms. The van der Waals surface area contributed by atoms with E-state index < -0.39 is 0 Å². The summed E-state index contributed by atoms with van der Waals surface area (Å²) in [5, 5.41) is 0. The fourth-order valence-corrected chi connectivity index (χ4v) is 3.58. The van der Waals surface area contributed by atoms with E-state index in [-0.39, 0.29) is 6.04 Å². The molecule has 0 saturated heterocycles. The zero-order valence-corrected chi connectivity index (χ0v) is 13.0.